The minimum atomic E-state index is 0.513. The highest BCUT2D eigenvalue weighted by molar-refractivity contribution is 5.33. The first-order chi connectivity index (χ1) is 10.3. The number of anilines is 1. The lowest BCUT2D eigenvalue weighted by atomic mass is 10.2. The van der Waals surface area contributed by atoms with Crippen molar-refractivity contribution in [1.29, 1.82) is 0 Å². The van der Waals surface area contributed by atoms with Crippen molar-refractivity contribution in [2.75, 3.05) is 5.73 Å². The number of benzene rings is 1. The average Bonchev–Trinajstić information content (AvgIpc) is 3.11. The van der Waals surface area contributed by atoms with Gasteiger partial charge in [-0.15, -0.1) is 5.10 Å². The minimum Gasteiger partial charge on any atom is -0.381 e. The lowest BCUT2D eigenvalue weighted by Gasteiger charge is -2.04. The Morgan fingerprint density at radius 1 is 1.14 bits per heavy atom. The summed E-state index contributed by atoms with van der Waals surface area (Å²) in [5, 5.41) is 12.6. The van der Waals surface area contributed by atoms with E-state index in [4.69, 9.17) is 5.73 Å². The SMILES string of the molecule is CCCc1c(N)nnn1Cc1ccn(-c2ccccc2)n1. The van der Waals surface area contributed by atoms with Crippen molar-refractivity contribution in [2.45, 2.75) is 26.3 Å². The second kappa shape index (κ2) is 5.78. The molecule has 3 aromatic rings. The van der Waals surface area contributed by atoms with Gasteiger partial charge in [-0.05, 0) is 24.6 Å². The Morgan fingerprint density at radius 2 is 1.95 bits per heavy atom. The van der Waals surface area contributed by atoms with E-state index in [2.05, 4.69) is 22.3 Å². The Morgan fingerprint density at radius 3 is 2.71 bits per heavy atom. The van der Waals surface area contributed by atoms with E-state index in [1.54, 1.807) is 0 Å². The smallest absolute Gasteiger partial charge is 0.169 e. The number of nitrogens with two attached hydrogens (primary N) is 1. The molecule has 2 aromatic heterocycles. The second-order valence-corrected chi connectivity index (χ2v) is 4.92. The molecule has 0 saturated heterocycles. The fourth-order valence-corrected chi connectivity index (χ4v) is 2.29. The number of aromatic nitrogens is 5. The maximum atomic E-state index is 5.86. The van der Waals surface area contributed by atoms with Crippen LogP contribution < -0.4 is 5.73 Å². The summed E-state index contributed by atoms with van der Waals surface area (Å²) in [7, 11) is 0. The van der Waals surface area contributed by atoms with Crippen molar-refractivity contribution in [1.82, 2.24) is 24.8 Å². The molecule has 0 unspecified atom stereocenters. The second-order valence-electron chi connectivity index (χ2n) is 4.92. The molecular formula is C15H18N6. The van der Waals surface area contributed by atoms with Gasteiger partial charge in [-0.3, -0.25) is 0 Å². The van der Waals surface area contributed by atoms with Crippen LogP contribution in [0, 0.1) is 0 Å². The van der Waals surface area contributed by atoms with Crippen molar-refractivity contribution in [3.8, 4) is 5.69 Å². The first-order valence-electron chi connectivity index (χ1n) is 7.05. The van der Waals surface area contributed by atoms with Crippen molar-refractivity contribution in [2.24, 2.45) is 0 Å². The molecule has 0 aliphatic rings. The van der Waals surface area contributed by atoms with E-state index in [1.807, 2.05) is 52.0 Å². The van der Waals surface area contributed by atoms with Crippen LogP contribution in [-0.4, -0.2) is 24.8 Å². The Balaban J connectivity index is 1.82. The highest BCUT2D eigenvalue weighted by atomic mass is 15.4. The zero-order valence-electron chi connectivity index (χ0n) is 12.0. The molecule has 108 valence electrons. The third kappa shape index (κ3) is 2.79. The molecule has 0 amide bonds. The van der Waals surface area contributed by atoms with Gasteiger partial charge in [0.25, 0.3) is 0 Å². The van der Waals surface area contributed by atoms with Gasteiger partial charge in [0, 0.05) is 6.20 Å². The Kier molecular flexibility index (Phi) is 3.68. The molecule has 1 aromatic carbocycles. The van der Waals surface area contributed by atoms with Crippen LogP contribution in [0.25, 0.3) is 5.69 Å². The number of hydrogen-bond acceptors (Lipinski definition) is 4. The van der Waals surface area contributed by atoms with E-state index < -0.39 is 0 Å². The van der Waals surface area contributed by atoms with E-state index in [1.165, 1.54) is 0 Å². The fourth-order valence-electron chi connectivity index (χ4n) is 2.29. The normalized spacial score (nSPS) is 10.9. The first-order valence-corrected chi connectivity index (χ1v) is 7.05. The van der Waals surface area contributed by atoms with E-state index in [0.29, 0.717) is 12.4 Å². The summed E-state index contributed by atoms with van der Waals surface area (Å²) in [4.78, 5) is 0. The Bertz CT molecular complexity index is 713. The van der Waals surface area contributed by atoms with E-state index in [9.17, 15) is 0 Å². The van der Waals surface area contributed by atoms with Gasteiger partial charge < -0.3 is 5.73 Å². The van der Waals surface area contributed by atoms with Crippen LogP contribution in [0.15, 0.2) is 42.6 Å². The van der Waals surface area contributed by atoms with Gasteiger partial charge in [-0.25, -0.2) is 9.36 Å². The monoisotopic (exact) mass is 282 g/mol. The molecule has 0 saturated carbocycles. The van der Waals surface area contributed by atoms with Gasteiger partial charge in [0.1, 0.15) is 0 Å². The molecule has 6 nitrogen and oxygen atoms in total. The van der Waals surface area contributed by atoms with Gasteiger partial charge in [0.2, 0.25) is 0 Å². The molecule has 0 atom stereocenters. The number of nitrogens with zero attached hydrogens (tertiary/aromatic N) is 5. The largest absolute Gasteiger partial charge is 0.381 e. The van der Waals surface area contributed by atoms with Crippen LogP contribution in [-0.2, 0) is 13.0 Å². The molecule has 0 spiro atoms. The highest BCUT2D eigenvalue weighted by Gasteiger charge is 2.11. The molecular weight excluding hydrogens is 264 g/mol. The highest BCUT2D eigenvalue weighted by Crippen LogP contribution is 2.13. The van der Waals surface area contributed by atoms with Crippen molar-refractivity contribution < 1.29 is 0 Å². The topological polar surface area (TPSA) is 74.5 Å². The molecule has 2 heterocycles. The van der Waals surface area contributed by atoms with Crippen LogP contribution in [0.4, 0.5) is 5.82 Å². The minimum absolute atomic E-state index is 0.513. The third-order valence-electron chi connectivity index (χ3n) is 3.33. The van der Waals surface area contributed by atoms with Gasteiger partial charge >= 0.3 is 0 Å². The fraction of sp³-hybridized carbons (Fsp3) is 0.267. The number of rotatable bonds is 5. The predicted octanol–water partition coefficient (Wildman–Crippen LogP) is 2.05. The Hall–Kier alpha value is -2.63. The van der Waals surface area contributed by atoms with Crippen molar-refractivity contribution in [3.05, 3.63) is 54.0 Å². The van der Waals surface area contributed by atoms with Gasteiger partial charge in [0.05, 0.1) is 23.6 Å². The van der Waals surface area contributed by atoms with Gasteiger partial charge in [0.15, 0.2) is 5.82 Å². The van der Waals surface area contributed by atoms with E-state index >= 15 is 0 Å². The number of nitrogen functional groups attached to an aromatic ring is 1. The molecule has 0 aliphatic heterocycles. The Labute approximate surface area is 123 Å². The first kappa shape index (κ1) is 13.4. The number of para-hydroxylation sites is 1. The summed E-state index contributed by atoms with van der Waals surface area (Å²) < 4.78 is 3.69. The molecule has 6 heteroatoms. The standard InChI is InChI=1S/C15H18N6/c1-2-6-14-15(16)17-19-21(14)11-12-9-10-20(18-12)13-7-4-3-5-8-13/h3-5,7-10H,2,6,11,16H2,1H3. The van der Waals surface area contributed by atoms with Crippen LogP contribution in [0.5, 0.6) is 0 Å². The summed E-state index contributed by atoms with van der Waals surface area (Å²) in [6.07, 6.45) is 3.83. The predicted molar refractivity (Wildman–Crippen MR) is 81.1 cm³/mol. The van der Waals surface area contributed by atoms with Crippen LogP contribution in [0.3, 0.4) is 0 Å². The lowest BCUT2D eigenvalue weighted by molar-refractivity contribution is 0.600. The van der Waals surface area contributed by atoms with Crippen LogP contribution in [0.2, 0.25) is 0 Å². The molecule has 2 N–H and O–H groups in total. The van der Waals surface area contributed by atoms with E-state index in [0.717, 1.165) is 29.9 Å². The summed E-state index contributed by atoms with van der Waals surface area (Å²) in [5.74, 6) is 0.513. The van der Waals surface area contributed by atoms with Crippen molar-refractivity contribution in [3.63, 3.8) is 0 Å². The quantitative estimate of drug-likeness (QED) is 0.777. The molecule has 0 bridgehead atoms. The van der Waals surface area contributed by atoms with Crippen LogP contribution in [0.1, 0.15) is 24.7 Å². The summed E-state index contributed by atoms with van der Waals surface area (Å²) in [6.45, 7) is 2.69. The zero-order valence-corrected chi connectivity index (χ0v) is 12.0. The van der Waals surface area contributed by atoms with Gasteiger partial charge in [-0.1, -0.05) is 36.8 Å². The molecule has 0 aliphatic carbocycles. The molecule has 0 fully saturated rings. The average molecular weight is 282 g/mol. The third-order valence-corrected chi connectivity index (χ3v) is 3.33. The summed E-state index contributed by atoms with van der Waals surface area (Å²) in [5.41, 5.74) is 8.80. The summed E-state index contributed by atoms with van der Waals surface area (Å²) >= 11 is 0. The van der Waals surface area contributed by atoms with Gasteiger partial charge in [-0.2, -0.15) is 5.10 Å². The van der Waals surface area contributed by atoms with E-state index in [-0.39, 0.29) is 0 Å². The number of hydrogen-bond donors (Lipinski definition) is 1. The summed E-state index contributed by atoms with van der Waals surface area (Å²) in [6, 6.07) is 12.0. The molecule has 0 radical (unpaired) electrons. The maximum absolute atomic E-state index is 5.86. The zero-order chi connectivity index (χ0) is 14.7. The lowest BCUT2D eigenvalue weighted by Crippen LogP contribution is -2.08. The molecule has 3 rings (SSSR count). The molecule has 21 heavy (non-hydrogen) atoms. The maximum Gasteiger partial charge on any atom is 0.169 e. The van der Waals surface area contributed by atoms with Crippen molar-refractivity contribution >= 4 is 5.82 Å². The van der Waals surface area contributed by atoms with Crippen LogP contribution >= 0.6 is 0 Å².